The van der Waals surface area contributed by atoms with Gasteiger partial charge in [-0.2, -0.15) is 0 Å². The Kier molecular flexibility index (Phi) is 6.23. The zero-order valence-electron chi connectivity index (χ0n) is 14.2. The Bertz CT molecular complexity index is 958. The highest BCUT2D eigenvalue weighted by Gasteiger charge is 2.08. The van der Waals surface area contributed by atoms with E-state index in [-0.39, 0.29) is 5.11 Å². The van der Waals surface area contributed by atoms with Crippen LogP contribution in [0.15, 0.2) is 53.9 Å². The number of rotatable bonds is 3. The molecule has 0 saturated heterocycles. The van der Waals surface area contributed by atoms with Gasteiger partial charge in [-0.3, -0.25) is 10.7 Å². The Morgan fingerprint density at radius 1 is 1.07 bits per heavy atom. The lowest BCUT2D eigenvalue weighted by molar-refractivity contribution is 0.250. The first-order chi connectivity index (χ1) is 13.0. The van der Waals surface area contributed by atoms with E-state index in [0.29, 0.717) is 10.2 Å². The minimum absolute atomic E-state index is 0.278. The van der Waals surface area contributed by atoms with Crippen molar-refractivity contribution in [3.8, 4) is 11.3 Å². The van der Waals surface area contributed by atoms with E-state index in [0.717, 1.165) is 22.5 Å². The van der Waals surface area contributed by atoms with E-state index < -0.39 is 6.03 Å². The highest BCUT2D eigenvalue weighted by molar-refractivity contribution is 7.80. The molecule has 0 unspecified atom stereocenters. The Morgan fingerprint density at radius 3 is 2.56 bits per heavy atom. The third kappa shape index (κ3) is 5.40. The molecule has 4 N–H and O–H groups in total. The summed E-state index contributed by atoms with van der Waals surface area (Å²) in [5.41, 5.74) is 8.71. The number of thiazole rings is 1. The van der Waals surface area contributed by atoms with Crippen molar-refractivity contribution in [3.63, 3.8) is 0 Å². The summed E-state index contributed by atoms with van der Waals surface area (Å²) in [5, 5.41) is 8.93. The maximum absolute atomic E-state index is 12.0. The number of urea groups is 1. The molecule has 1 heterocycles. The number of para-hydroxylation sites is 1. The number of nitrogens with one attached hydrogen (secondary N) is 4. The van der Waals surface area contributed by atoms with Crippen LogP contribution in [0.3, 0.4) is 0 Å². The molecule has 2 amide bonds. The first kappa shape index (κ1) is 19.1. The Labute approximate surface area is 170 Å². The maximum Gasteiger partial charge on any atom is 0.339 e. The quantitative estimate of drug-likeness (QED) is 0.364. The number of amides is 2. The lowest BCUT2D eigenvalue weighted by atomic mass is 10.2. The summed E-state index contributed by atoms with van der Waals surface area (Å²) in [5.74, 6) is 0. The number of hydrogen-bond acceptors (Lipinski definition) is 4. The van der Waals surface area contributed by atoms with Crippen molar-refractivity contribution in [3.05, 3.63) is 64.5 Å². The van der Waals surface area contributed by atoms with Crippen LogP contribution in [-0.4, -0.2) is 16.1 Å². The number of thiocarbonyl (C=S) groups is 1. The fourth-order valence-corrected chi connectivity index (χ4v) is 3.19. The molecular weight excluding hydrogens is 402 g/mol. The zero-order chi connectivity index (χ0) is 19.2. The van der Waals surface area contributed by atoms with Crippen molar-refractivity contribution in [1.82, 2.24) is 15.8 Å². The third-order valence-electron chi connectivity index (χ3n) is 3.55. The summed E-state index contributed by atoms with van der Waals surface area (Å²) < 4.78 is 0. The number of nitrogens with zero attached hydrogens (tertiary/aromatic N) is 1. The molecule has 138 valence electrons. The van der Waals surface area contributed by atoms with E-state index >= 15 is 0 Å². The van der Waals surface area contributed by atoms with Crippen LogP contribution in [0.1, 0.15) is 5.56 Å². The molecule has 0 fully saturated rings. The first-order valence-electron chi connectivity index (χ1n) is 7.92. The van der Waals surface area contributed by atoms with Crippen LogP contribution in [-0.2, 0) is 0 Å². The van der Waals surface area contributed by atoms with Gasteiger partial charge in [0.15, 0.2) is 10.2 Å². The van der Waals surface area contributed by atoms with Gasteiger partial charge < -0.3 is 5.32 Å². The molecule has 3 rings (SSSR count). The summed E-state index contributed by atoms with van der Waals surface area (Å²) in [6.45, 7) is 1.96. The minimum atomic E-state index is -0.471. The van der Waals surface area contributed by atoms with Crippen molar-refractivity contribution >= 4 is 57.1 Å². The van der Waals surface area contributed by atoms with Crippen molar-refractivity contribution in [1.29, 1.82) is 0 Å². The Balaban J connectivity index is 1.50. The summed E-state index contributed by atoms with van der Waals surface area (Å²) in [4.78, 5) is 16.4. The standard InChI is InChI=1S/C18H16ClN5OS2/c1-11-4-2-3-5-14(11)20-17(26)24-23-16(25)22-18-21-15(10-27-18)12-6-8-13(19)9-7-12/h2-10H,1H3,(H2,20,24,26)(H2,21,22,23,25). The van der Waals surface area contributed by atoms with Crippen molar-refractivity contribution < 1.29 is 4.79 Å². The van der Waals surface area contributed by atoms with Crippen LogP contribution in [0.5, 0.6) is 0 Å². The number of benzene rings is 2. The van der Waals surface area contributed by atoms with E-state index in [2.05, 4.69) is 26.5 Å². The molecule has 0 bridgehead atoms. The highest BCUT2D eigenvalue weighted by Crippen LogP contribution is 2.25. The molecule has 0 radical (unpaired) electrons. The molecule has 0 aliphatic heterocycles. The van der Waals surface area contributed by atoms with E-state index in [1.807, 2.05) is 48.7 Å². The van der Waals surface area contributed by atoms with Crippen molar-refractivity contribution in [2.45, 2.75) is 6.92 Å². The predicted octanol–water partition coefficient (Wildman–Crippen LogP) is 4.80. The summed E-state index contributed by atoms with van der Waals surface area (Å²) in [7, 11) is 0. The van der Waals surface area contributed by atoms with Gasteiger partial charge >= 0.3 is 6.03 Å². The lowest BCUT2D eigenvalue weighted by Gasteiger charge is -2.13. The molecule has 6 nitrogen and oxygen atoms in total. The zero-order valence-corrected chi connectivity index (χ0v) is 16.6. The van der Waals surface area contributed by atoms with Crippen molar-refractivity contribution in [2.75, 3.05) is 10.6 Å². The van der Waals surface area contributed by atoms with E-state index in [1.165, 1.54) is 11.3 Å². The number of carbonyl (C=O) groups is 1. The van der Waals surface area contributed by atoms with E-state index in [9.17, 15) is 4.79 Å². The molecule has 0 aliphatic rings. The topological polar surface area (TPSA) is 78.1 Å². The van der Waals surface area contributed by atoms with Gasteiger partial charge in [-0.15, -0.1) is 11.3 Å². The summed E-state index contributed by atoms with van der Waals surface area (Å²) >= 11 is 12.4. The molecule has 2 aromatic carbocycles. The van der Waals surface area contributed by atoms with Gasteiger partial charge in [0.2, 0.25) is 0 Å². The molecular formula is C18H16ClN5OS2. The van der Waals surface area contributed by atoms with Crippen LogP contribution >= 0.6 is 35.2 Å². The maximum atomic E-state index is 12.0. The monoisotopic (exact) mass is 417 g/mol. The molecule has 0 aliphatic carbocycles. The fourth-order valence-electron chi connectivity index (χ4n) is 2.19. The Hall–Kier alpha value is -2.68. The van der Waals surface area contributed by atoms with Gasteiger partial charge in [0.25, 0.3) is 0 Å². The van der Waals surface area contributed by atoms with Gasteiger partial charge in [0.05, 0.1) is 5.69 Å². The average Bonchev–Trinajstić information content (AvgIpc) is 3.11. The van der Waals surface area contributed by atoms with Crippen LogP contribution in [0, 0.1) is 6.92 Å². The molecule has 1 aromatic heterocycles. The smallest absolute Gasteiger partial charge is 0.331 e. The molecule has 0 saturated carbocycles. The van der Waals surface area contributed by atoms with Gasteiger partial charge in [0, 0.05) is 21.7 Å². The molecule has 3 aromatic rings. The normalized spacial score (nSPS) is 10.1. The number of halogens is 1. The second-order valence-electron chi connectivity index (χ2n) is 5.52. The number of hydrazine groups is 1. The lowest BCUT2D eigenvalue weighted by Crippen LogP contribution is -2.45. The number of aryl methyl sites for hydroxylation is 1. The fraction of sp³-hybridized carbons (Fsp3) is 0.0556. The third-order valence-corrected chi connectivity index (χ3v) is 4.76. The first-order valence-corrected chi connectivity index (χ1v) is 9.59. The SMILES string of the molecule is Cc1ccccc1NC(=S)NNC(=O)Nc1nc(-c2ccc(Cl)cc2)cs1. The van der Waals surface area contributed by atoms with E-state index in [1.54, 1.807) is 12.1 Å². The number of carbonyl (C=O) groups excluding carboxylic acids is 1. The largest absolute Gasteiger partial charge is 0.339 e. The van der Waals surface area contributed by atoms with Crippen LogP contribution in [0.4, 0.5) is 15.6 Å². The molecule has 9 heteroatoms. The second kappa shape index (κ2) is 8.81. The van der Waals surface area contributed by atoms with E-state index in [4.69, 9.17) is 23.8 Å². The number of aromatic nitrogens is 1. The Morgan fingerprint density at radius 2 is 1.81 bits per heavy atom. The second-order valence-corrected chi connectivity index (χ2v) is 7.22. The average molecular weight is 418 g/mol. The van der Waals surface area contributed by atoms with Gasteiger partial charge in [-0.25, -0.2) is 15.2 Å². The van der Waals surface area contributed by atoms with Crippen LogP contribution < -0.4 is 21.5 Å². The summed E-state index contributed by atoms with van der Waals surface area (Å²) in [6, 6.07) is 14.6. The highest BCUT2D eigenvalue weighted by atomic mass is 35.5. The molecule has 27 heavy (non-hydrogen) atoms. The predicted molar refractivity (Wildman–Crippen MR) is 115 cm³/mol. The van der Waals surface area contributed by atoms with Crippen molar-refractivity contribution in [2.24, 2.45) is 0 Å². The number of anilines is 2. The van der Waals surface area contributed by atoms with Crippen LogP contribution in [0.2, 0.25) is 5.02 Å². The summed E-state index contributed by atoms with van der Waals surface area (Å²) in [6.07, 6.45) is 0. The van der Waals surface area contributed by atoms with Crippen LogP contribution in [0.25, 0.3) is 11.3 Å². The van der Waals surface area contributed by atoms with Gasteiger partial charge in [0.1, 0.15) is 0 Å². The minimum Gasteiger partial charge on any atom is -0.331 e. The van der Waals surface area contributed by atoms with Gasteiger partial charge in [-0.05, 0) is 42.9 Å². The molecule has 0 spiro atoms. The van der Waals surface area contributed by atoms with Gasteiger partial charge in [-0.1, -0.05) is 41.9 Å². The molecule has 0 atom stereocenters. The number of hydrogen-bond donors (Lipinski definition) is 4.